The summed E-state index contributed by atoms with van der Waals surface area (Å²) in [6.07, 6.45) is -7.50. The summed E-state index contributed by atoms with van der Waals surface area (Å²) in [5.41, 5.74) is 0. The van der Waals surface area contributed by atoms with Gasteiger partial charge in [-0.2, -0.15) is 22.0 Å². The van der Waals surface area contributed by atoms with Crippen LogP contribution in [0.15, 0.2) is 12.7 Å². The predicted molar refractivity (Wildman–Crippen MR) is 64.4 cm³/mol. The van der Waals surface area contributed by atoms with Crippen LogP contribution in [0, 0.1) is 0 Å². The molecule has 0 aromatic rings. The third kappa shape index (κ3) is 4.85. The van der Waals surface area contributed by atoms with Gasteiger partial charge in [0.2, 0.25) is 0 Å². The van der Waals surface area contributed by atoms with Crippen molar-refractivity contribution < 1.29 is 54.0 Å². The van der Waals surface area contributed by atoms with Crippen LogP contribution in [0.4, 0.5) is 22.0 Å². The first-order chi connectivity index (χ1) is 10.6. The van der Waals surface area contributed by atoms with Crippen LogP contribution in [0.2, 0.25) is 0 Å². The van der Waals surface area contributed by atoms with Gasteiger partial charge in [0.05, 0.1) is 6.61 Å². The molecule has 24 heavy (non-hydrogen) atoms. The number of hydrogen-bond donors (Lipinski definition) is 1. The second-order valence-electron chi connectivity index (χ2n) is 4.01. The Morgan fingerprint density at radius 1 is 1.25 bits per heavy atom. The molecule has 0 saturated heterocycles. The molecule has 0 spiro atoms. The first-order valence-corrected chi connectivity index (χ1v) is 7.17. The van der Waals surface area contributed by atoms with E-state index in [1.54, 1.807) is 0 Å². The second-order valence-corrected chi connectivity index (χ2v) is 5.51. The number of likely N-dealkylation sites (N-methyl/N-ethyl adjacent to an activating group) is 1. The minimum atomic E-state index is -6.18. The van der Waals surface area contributed by atoms with E-state index in [-0.39, 0.29) is 6.08 Å². The molecule has 0 rings (SSSR count). The van der Waals surface area contributed by atoms with Crippen LogP contribution in [0.25, 0.3) is 0 Å². The maximum atomic E-state index is 13.1. The quantitative estimate of drug-likeness (QED) is 0.209. The summed E-state index contributed by atoms with van der Waals surface area (Å²) in [6, 6.07) is 0. The van der Waals surface area contributed by atoms with Crippen LogP contribution in [0.1, 0.15) is 6.42 Å². The number of nitrogens with one attached hydrogen (secondary N) is 1. The minimum absolute atomic E-state index is 0.240. The molecule has 0 fully saturated rings. The normalized spacial score (nSPS) is 15.3. The monoisotopic (exact) mass is 384 g/mol. The highest BCUT2D eigenvalue weighted by Crippen LogP contribution is 2.36. The zero-order chi connectivity index (χ0) is 19.4. The predicted octanol–water partition coefficient (Wildman–Crippen LogP) is 0.265. The average molecular weight is 384 g/mol. The van der Waals surface area contributed by atoms with Gasteiger partial charge >= 0.3 is 29.1 Å². The van der Waals surface area contributed by atoms with E-state index in [2.05, 4.69) is 16.1 Å². The van der Waals surface area contributed by atoms with Crippen molar-refractivity contribution in [3.8, 4) is 0 Å². The summed E-state index contributed by atoms with van der Waals surface area (Å²) in [5, 5.41) is -3.51. The highest BCUT2D eigenvalue weighted by atomic mass is 32.2. The highest BCUT2D eigenvalue weighted by molar-refractivity contribution is 7.86. The maximum Gasteiger partial charge on any atom is 0.466 e. The molecular weight excluding hydrogens is 373 g/mol. The van der Waals surface area contributed by atoms with Gasteiger partial charge in [0, 0.05) is 19.5 Å². The van der Waals surface area contributed by atoms with Crippen molar-refractivity contribution in [3.05, 3.63) is 12.7 Å². The Morgan fingerprint density at radius 2 is 1.75 bits per heavy atom. The van der Waals surface area contributed by atoms with E-state index < -0.39 is 52.2 Å². The molecular formula is C10H11F5NO7S-. The van der Waals surface area contributed by atoms with Gasteiger partial charge in [-0.05, 0) is 0 Å². The van der Waals surface area contributed by atoms with Crippen LogP contribution in [-0.4, -0.2) is 55.7 Å². The van der Waals surface area contributed by atoms with Crippen LogP contribution in [0.3, 0.4) is 0 Å². The van der Waals surface area contributed by atoms with Crippen LogP contribution in [-0.2, 0) is 29.2 Å². The maximum absolute atomic E-state index is 13.1. The fraction of sp³-hybridized carbons (Fsp3) is 0.600. The molecule has 1 atom stereocenters. The summed E-state index contributed by atoms with van der Waals surface area (Å²) < 4.78 is 104. The highest BCUT2D eigenvalue weighted by Gasteiger charge is 2.66. The van der Waals surface area contributed by atoms with Crippen molar-refractivity contribution in [3.63, 3.8) is 0 Å². The molecule has 1 unspecified atom stereocenters. The Kier molecular flexibility index (Phi) is 6.84. The Balaban J connectivity index is 5.60. The Labute approximate surface area is 132 Å². The molecule has 1 amide bonds. The Hall–Kier alpha value is -1.80. The van der Waals surface area contributed by atoms with E-state index in [4.69, 9.17) is 0 Å². The zero-order valence-corrected chi connectivity index (χ0v) is 12.7. The third-order valence-electron chi connectivity index (χ3n) is 2.37. The van der Waals surface area contributed by atoms with E-state index in [1.165, 1.54) is 5.32 Å². The lowest BCUT2D eigenvalue weighted by atomic mass is 10.2. The van der Waals surface area contributed by atoms with Gasteiger partial charge in [-0.3, -0.25) is 4.79 Å². The fourth-order valence-corrected chi connectivity index (χ4v) is 1.53. The molecule has 0 aromatic carbocycles. The second kappa shape index (κ2) is 7.40. The number of carbonyl (C=O) groups is 2. The van der Waals surface area contributed by atoms with Crippen LogP contribution < -0.4 is 5.32 Å². The molecule has 0 saturated carbocycles. The average Bonchev–Trinajstić information content (AvgIpc) is 2.42. The Bertz CT molecular complexity index is 603. The van der Waals surface area contributed by atoms with E-state index in [9.17, 15) is 44.5 Å². The summed E-state index contributed by atoms with van der Waals surface area (Å²) in [7, 11) is -5.48. The lowest BCUT2D eigenvalue weighted by molar-refractivity contribution is -0.347. The molecule has 8 nitrogen and oxygen atoms in total. The minimum Gasteiger partial charge on any atom is -0.743 e. The SMILES string of the molecule is C=CC(=O)OC(OCCC(F)(F)S(=O)(=O)[O-])(C(=O)NC)C(F)(F)F. The topological polar surface area (TPSA) is 122 Å². The number of hydrogen-bond acceptors (Lipinski definition) is 7. The van der Waals surface area contributed by atoms with Crippen LogP contribution in [0.5, 0.6) is 0 Å². The van der Waals surface area contributed by atoms with E-state index in [0.717, 1.165) is 0 Å². The van der Waals surface area contributed by atoms with Crippen molar-refractivity contribution in [2.45, 2.75) is 23.6 Å². The van der Waals surface area contributed by atoms with Crippen molar-refractivity contribution in [1.29, 1.82) is 0 Å². The number of carbonyl (C=O) groups excluding carboxylic acids is 2. The first kappa shape index (κ1) is 22.2. The first-order valence-electron chi connectivity index (χ1n) is 5.76. The molecule has 0 aliphatic rings. The van der Waals surface area contributed by atoms with Gasteiger partial charge in [0.1, 0.15) is 0 Å². The molecule has 1 N–H and O–H groups in total. The number of ether oxygens (including phenoxy) is 2. The number of esters is 1. The van der Waals surface area contributed by atoms with Gasteiger partial charge < -0.3 is 19.3 Å². The molecule has 0 aliphatic heterocycles. The van der Waals surface area contributed by atoms with E-state index >= 15 is 0 Å². The van der Waals surface area contributed by atoms with Crippen LogP contribution >= 0.6 is 0 Å². The zero-order valence-electron chi connectivity index (χ0n) is 11.9. The molecule has 0 aromatic heterocycles. The lowest BCUT2D eigenvalue weighted by Gasteiger charge is -2.32. The number of amides is 1. The molecule has 0 heterocycles. The molecule has 0 aliphatic carbocycles. The van der Waals surface area contributed by atoms with Gasteiger partial charge in [-0.1, -0.05) is 6.58 Å². The number of alkyl halides is 5. The summed E-state index contributed by atoms with van der Waals surface area (Å²) >= 11 is 0. The fourth-order valence-electron chi connectivity index (χ4n) is 1.20. The molecule has 0 bridgehead atoms. The molecule has 14 heteroatoms. The summed E-state index contributed by atoms with van der Waals surface area (Å²) in [5.74, 6) is -8.20. The van der Waals surface area contributed by atoms with E-state index in [0.29, 0.717) is 7.05 Å². The largest absolute Gasteiger partial charge is 0.743 e. The summed E-state index contributed by atoms with van der Waals surface area (Å²) in [6.45, 7) is 1.04. The van der Waals surface area contributed by atoms with Gasteiger partial charge in [0.15, 0.2) is 10.1 Å². The molecule has 140 valence electrons. The van der Waals surface area contributed by atoms with Crippen molar-refractivity contribution in [2.75, 3.05) is 13.7 Å². The summed E-state index contributed by atoms with van der Waals surface area (Å²) in [4.78, 5) is 22.5. The van der Waals surface area contributed by atoms with Gasteiger partial charge in [0.25, 0.3) is 0 Å². The smallest absolute Gasteiger partial charge is 0.466 e. The van der Waals surface area contributed by atoms with Gasteiger partial charge in [-0.15, -0.1) is 0 Å². The Morgan fingerprint density at radius 3 is 2.08 bits per heavy atom. The van der Waals surface area contributed by atoms with E-state index in [1.807, 2.05) is 0 Å². The third-order valence-corrected chi connectivity index (χ3v) is 3.31. The van der Waals surface area contributed by atoms with Gasteiger partial charge in [-0.25, -0.2) is 13.2 Å². The molecule has 0 radical (unpaired) electrons. The standard InChI is InChI=1S/C10H12F5NO7S/c1-3-6(17)23-9(7(18)16-2,10(13,14)15)22-5-4-8(11,12)24(19,20)21/h3H,1,4-5H2,2H3,(H,16,18)(H,19,20,21)/p-1. The lowest BCUT2D eigenvalue weighted by Crippen LogP contribution is -2.61. The van der Waals surface area contributed by atoms with Crippen molar-refractivity contribution in [1.82, 2.24) is 5.32 Å². The number of rotatable bonds is 8. The number of halogens is 5. The van der Waals surface area contributed by atoms with Crippen molar-refractivity contribution >= 4 is 22.0 Å². The van der Waals surface area contributed by atoms with Crippen molar-refractivity contribution in [2.24, 2.45) is 0 Å².